The summed E-state index contributed by atoms with van der Waals surface area (Å²) in [5, 5.41) is 14.8. The summed E-state index contributed by atoms with van der Waals surface area (Å²) in [6.07, 6.45) is 1.46. The van der Waals surface area contributed by atoms with Gasteiger partial charge >= 0.3 is 5.97 Å². The van der Waals surface area contributed by atoms with Gasteiger partial charge in [-0.1, -0.05) is 29.3 Å². The predicted molar refractivity (Wildman–Crippen MR) is 101 cm³/mol. The SMILES string of the molecule is COC(=O)c1cccc(Nc2nncc(Nc3ccc(Cl)cc3Cl)n2)c1. The van der Waals surface area contributed by atoms with Gasteiger partial charge in [-0.2, -0.15) is 10.1 Å². The molecule has 0 atom stereocenters. The standard InChI is InChI=1S/C17H13Cl2N5O2/c1-26-16(25)10-3-2-4-12(7-10)21-17-23-15(9-20-24-17)22-14-6-5-11(18)8-13(14)19/h2-9H,1H3,(H2,21,22,23,24). The number of rotatable bonds is 5. The van der Waals surface area contributed by atoms with Crippen molar-refractivity contribution < 1.29 is 9.53 Å². The van der Waals surface area contributed by atoms with Crippen LogP contribution < -0.4 is 10.6 Å². The average Bonchev–Trinajstić information content (AvgIpc) is 2.64. The van der Waals surface area contributed by atoms with Gasteiger partial charge in [0.25, 0.3) is 0 Å². The Morgan fingerprint density at radius 2 is 1.96 bits per heavy atom. The summed E-state index contributed by atoms with van der Waals surface area (Å²) in [6, 6.07) is 11.8. The van der Waals surface area contributed by atoms with E-state index in [4.69, 9.17) is 27.9 Å². The van der Waals surface area contributed by atoms with E-state index in [1.54, 1.807) is 42.5 Å². The molecule has 2 N–H and O–H groups in total. The lowest BCUT2D eigenvalue weighted by molar-refractivity contribution is 0.0601. The van der Waals surface area contributed by atoms with Crippen molar-refractivity contribution in [3.05, 3.63) is 64.3 Å². The van der Waals surface area contributed by atoms with Crippen LogP contribution >= 0.6 is 23.2 Å². The highest BCUT2D eigenvalue weighted by atomic mass is 35.5. The molecule has 9 heteroatoms. The van der Waals surface area contributed by atoms with E-state index in [1.807, 2.05) is 0 Å². The molecule has 0 saturated heterocycles. The van der Waals surface area contributed by atoms with Gasteiger partial charge in [-0.15, -0.1) is 5.10 Å². The third kappa shape index (κ3) is 4.38. The highest BCUT2D eigenvalue weighted by Crippen LogP contribution is 2.27. The van der Waals surface area contributed by atoms with Gasteiger partial charge in [0.1, 0.15) is 0 Å². The molecule has 2 aromatic carbocycles. The van der Waals surface area contributed by atoms with Gasteiger partial charge in [0.05, 0.1) is 29.6 Å². The Balaban J connectivity index is 1.78. The molecule has 7 nitrogen and oxygen atoms in total. The molecule has 0 aliphatic rings. The summed E-state index contributed by atoms with van der Waals surface area (Å²) in [4.78, 5) is 15.9. The molecule has 0 unspecified atom stereocenters. The first-order valence-electron chi connectivity index (χ1n) is 7.42. The van der Waals surface area contributed by atoms with Gasteiger partial charge in [0, 0.05) is 10.7 Å². The Bertz CT molecular complexity index is 952. The van der Waals surface area contributed by atoms with Gasteiger partial charge in [0.15, 0.2) is 5.82 Å². The minimum atomic E-state index is -0.430. The van der Waals surface area contributed by atoms with Crippen LogP contribution in [0.15, 0.2) is 48.7 Å². The van der Waals surface area contributed by atoms with Gasteiger partial charge < -0.3 is 15.4 Å². The molecule has 0 saturated carbocycles. The lowest BCUT2D eigenvalue weighted by atomic mass is 10.2. The predicted octanol–water partition coefficient (Wildman–Crippen LogP) is 4.45. The molecule has 0 bridgehead atoms. The van der Waals surface area contributed by atoms with Crippen LogP contribution in [-0.4, -0.2) is 28.3 Å². The van der Waals surface area contributed by atoms with Crippen molar-refractivity contribution >= 4 is 52.3 Å². The van der Waals surface area contributed by atoms with E-state index < -0.39 is 5.97 Å². The van der Waals surface area contributed by atoms with E-state index in [0.29, 0.717) is 32.8 Å². The molecular weight excluding hydrogens is 377 g/mol. The van der Waals surface area contributed by atoms with Gasteiger partial charge in [-0.25, -0.2) is 4.79 Å². The van der Waals surface area contributed by atoms with Crippen LogP contribution in [0, 0.1) is 0 Å². The van der Waals surface area contributed by atoms with Gasteiger partial charge in [-0.3, -0.25) is 0 Å². The number of aromatic nitrogens is 3. The molecule has 3 aromatic rings. The third-order valence-corrected chi connectivity index (χ3v) is 3.84. The summed E-state index contributed by atoms with van der Waals surface area (Å²) in [5.41, 5.74) is 1.67. The van der Waals surface area contributed by atoms with Crippen molar-refractivity contribution in [2.24, 2.45) is 0 Å². The highest BCUT2D eigenvalue weighted by Gasteiger charge is 2.08. The van der Waals surface area contributed by atoms with Crippen LogP contribution in [0.25, 0.3) is 0 Å². The number of benzene rings is 2. The summed E-state index contributed by atoms with van der Waals surface area (Å²) in [5.74, 6) is 0.262. The second-order valence-electron chi connectivity index (χ2n) is 5.11. The van der Waals surface area contributed by atoms with E-state index in [1.165, 1.54) is 13.3 Å². The van der Waals surface area contributed by atoms with Crippen LogP contribution in [0.2, 0.25) is 10.0 Å². The number of nitrogens with one attached hydrogen (secondary N) is 2. The number of hydrogen-bond donors (Lipinski definition) is 2. The van der Waals surface area contributed by atoms with Crippen LogP contribution in [-0.2, 0) is 4.74 Å². The highest BCUT2D eigenvalue weighted by molar-refractivity contribution is 6.36. The molecule has 0 spiro atoms. The minimum Gasteiger partial charge on any atom is -0.465 e. The van der Waals surface area contributed by atoms with Crippen molar-refractivity contribution in [1.82, 2.24) is 15.2 Å². The number of ether oxygens (including phenoxy) is 1. The van der Waals surface area contributed by atoms with E-state index in [-0.39, 0.29) is 5.95 Å². The Morgan fingerprint density at radius 3 is 2.73 bits per heavy atom. The fourth-order valence-electron chi connectivity index (χ4n) is 2.12. The van der Waals surface area contributed by atoms with Crippen LogP contribution in [0.3, 0.4) is 0 Å². The zero-order valence-corrected chi connectivity index (χ0v) is 15.0. The number of methoxy groups -OCH3 is 1. The number of esters is 1. The lowest BCUT2D eigenvalue weighted by Gasteiger charge is -2.09. The Morgan fingerprint density at radius 1 is 1.12 bits per heavy atom. The second-order valence-corrected chi connectivity index (χ2v) is 5.96. The van der Waals surface area contributed by atoms with E-state index in [9.17, 15) is 4.79 Å². The van der Waals surface area contributed by atoms with Crippen LogP contribution in [0.5, 0.6) is 0 Å². The second kappa shape index (κ2) is 7.99. The smallest absolute Gasteiger partial charge is 0.337 e. The maximum absolute atomic E-state index is 11.6. The zero-order chi connectivity index (χ0) is 18.5. The Kier molecular flexibility index (Phi) is 5.50. The maximum atomic E-state index is 11.6. The molecule has 26 heavy (non-hydrogen) atoms. The summed E-state index contributed by atoms with van der Waals surface area (Å²) >= 11 is 12.0. The molecule has 132 valence electrons. The number of carbonyl (C=O) groups excluding carboxylic acids is 1. The van der Waals surface area contributed by atoms with Crippen LogP contribution in [0.4, 0.5) is 23.1 Å². The first kappa shape index (κ1) is 17.9. The summed E-state index contributed by atoms with van der Waals surface area (Å²) < 4.78 is 4.70. The average molecular weight is 390 g/mol. The first-order chi connectivity index (χ1) is 12.5. The minimum absolute atomic E-state index is 0.252. The molecule has 0 radical (unpaired) electrons. The summed E-state index contributed by atoms with van der Waals surface area (Å²) in [7, 11) is 1.33. The normalized spacial score (nSPS) is 10.3. The van der Waals surface area contributed by atoms with Crippen molar-refractivity contribution in [3.63, 3.8) is 0 Å². The number of carbonyl (C=O) groups is 1. The molecule has 0 fully saturated rings. The molecular formula is C17H13Cl2N5O2. The lowest BCUT2D eigenvalue weighted by Crippen LogP contribution is -2.04. The fourth-order valence-corrected chi connectivity index (χ4v) is 2.57. The monoisotopic (exact) mass is 389 g/mol. The van der Waals surface area contributed by atoms with Crippen LogP contribution in [0.1, 0.15) is 10.4 Å². The fraction of sp³-hybridized carbons (Fsp3) is 0.0588. The Hall–Kier alpha value is -2.90. The first-order valence-corrected chi connectivity index (χ1v) is 8.18. The molecule has 0 aliphatic heterocycles. The van der Waals surface area contributed by atoms with E-state index >= 15 is 0 Å². The van der Waals surface area contributed by atoms with Crippen molar-refractivity contribution in [1.29, 1.82) is 0 Å². The molecule has 0 amide bonds. The molecule has 1 aromatic heterocycles. The van der Waals surface area contributed by atoms with Gasteiger partial charge in [0.2, 0.25) is 5.95 Å². The quantitative estimate of drug-likeness (QED) is 0.622. The van der Waals surface area contributed by atoms with Gasteiger partial charge in [-0.05, 0) is 36.4 Å². The van der Waals surface area contributed by atoms with E-state index in [0.717, 1.165) is 0 Å². The molecule has 1 heterocycles. The van der Waals surface area contributed by atoms with Crippen molar-refractivity contribution in [2.75, 3.05) is 17.7 Å². The number of halogens is 2. The third-order valence-electron chi connectivity index (χ3n) is 3.29. The summed E-state index contributed by atoms with van der Waals surface area (Å²) in [6.45, 7) is 0. The van der Waals surface area contributed by atoms with E-state index in [2.05, 4.69) is 25.8 Å². The number of nitrogens with zero attached hydrogens (tertiary/aromatic N) is 3. The Labute approximate surface area is 159 Å². The zero-order valence-electron chi connectivity index (χ0n) is 13.5. The number of hydrogen-bond acceptors (Lipinski definition) is 7. The topological polar surface area (TPSA) is 89.0 Å². The maximum Gasteiger partial charge on any atom is 0.337 e. The molecule has 3 rings (SSSR count). The largest absolute Gasteiger partial charge is 0.465 e. The molecule has 0 aliphatic carbocycles. The van der Waals surface area contributed by atoms with Crippen molar-refractivity contribution in [3.8, 4) is 0 Å². The number of anilines is 4. The van der Waals surface area contributed by atoms with Crippen molar-refractivity contribution in [2.45, 2.75) is 0 Å².